The lowest BCUT2D eigenvalue weighted by atomic mass is 9.55. The van der Waals surface area contributed by atoms with Crippen molar-refractivity contribution >= 4 is 0 Å². The molecular formula is C11H17N3. The van der Waals surface area contributed by atoms with E-state index in [-0.39, 0.29) is 11.0 Å². The number of hydrogen-bond acceptors (Lipinski definition) is 3. The fraction of sp³-hybridized carbons (Fsp3) is 0.909. The van der Waals surface area contributed by atoms with Gasteiger partial charge in [0.05, 0.1) is 6.07 Å². The molecule has 1 aliphatic heterocycles. The van der Waals surface area contributed by atoms with Crippen LogP contribution < -0.4 is 0 Å². The van der Waals surface area contributed by atoms with Crippen LogP contribution in [0.15, 0.2) is 10.2 Å². The maximum Gasteiger partial charge on any atom is 0.194 e. The van der Waals surface area contributed by atoms with E-state index in [1.165, 1.54) is 6.42 Å². The average molecular weight is 191 g/mol. The highest BCUT2D eigenvalue weighted by Crippen LogP contribution is 2.57. The molecule has 0 radical (unpaired) electrons. The van der Waals surface area contributed by atoms with E-state index in [1.807, 2.05) is 0 Å². The summed E-state index contributed by atoms with van der Waals surface area (Å²) in [6.07, 6.45) is 4.21. The summed E-state index contributed by atoms with van der Waals surface area (Å²) >= 11 is 0. The molecule has 0 aromatic rings. The Morgan fingerprint density at radius 2 is 1.79 bits per heavy atom. The Kier molecular flexibility index (Phi) is 1.76. The molecule has 0 saturated heterocycles. The highest BCUT2D eigenvalue weighted by molar-refractivity contribution is 5.31. The SMILES string of the molecule is CC(C)(C)C12CCCCC1(C#N)N=N2. The van der Waals surface area contributed by atoms with E-state index < -0.39 is 5.54 Å². The first-order valence-corrected chi connectivity index (χ1v) is 5.33. The van der Waals surface area contributed by atoms with E-state index in [2.05, 4.69) is 37.1 Å². The van der Waals surface area contributed by atoms with Crippen LogP contribution in [0.3, 0.4) is 0 Å². The summed E-state index contributed by atoms with van der Waals surface area (Å²) in [5, 5.41) is 17.8. The first kappa shape index (κ1) is 9.64. The third-order valence-corrected chi connectivity index (χ3v) is 3.83. The van der Waals surface area contributed by atoms with Gasteiger partial charge >= 0.3 is 0 Å². The van der Waals surface area contributed by atoms with Crippen LogP contribution in [-0.2, 0) is 0 Å². The predicted octanol–water partition coefficient (Wildman–Crippen LogP) is 3.07. The van der Waals surface area contributed by atoms with Crippen LogP contribution in [0.5, 0.6) is 0 Å². The van der Waals surface area contributed by atoms with Gasteiger partial charge in [0, 0.05) is 0 Å². The zero-order valence-electron chi connectivity index (χ0n) is 9.17. The first-order valence-electron chi connectivity index (χ1n) is 5.33. The smallest absolute Gasteiger partial charge is 0.194 e. The summed E-state index contributed by atoms with van der Waals surface area (Å²) in [6.45, 7) is 6.51. The van der Waals surface area contributed by atoms with Crippen LogP contribution in [0.1, 0.15) is 46.5 Å². The number of rotatable bonds is 0. The summed E-state index contributed by atoms with van der Waals surface area (Å²) in [7, 11) is 0. The molecule has 0 aromatic carbocycles. The molecule has 2 rings (SSSR count). The molecule has 0 spiro atoms. The second-order valence-corrected chi connectivity index (χ2v) is 5.49. The normalized spacial score (nSPS) is 41.0. The molecule has 1 aliphatic carbocycles. The minimum Gasteiger partial charge on any atom is -0.195 e. The summed E-state index contributed by atoms with van der Waals surface area (Å²) in [5.74, 6) is 0. The van der Waals surface area contributed by atoms with Crippen LogP contribution in [0, 0.1) is 16.7 Å². The second-order valence-electron chi connectivity index (χ2n) is 5.49. The molecule has 1 heterocycles. The molecule has 1 saturated carbocycles. The van der Waals surface area contributed by atoms with Crippen molar-refractivity contribution in [2.24, 2.45) is 15.6 Å². The minimum absolute atomic E-state index is 0.0465. The molecule has 3 heteroatoms. The third kappa shape index (κ3) is 0.867. The van der Waals surface area contributed by atoms with Gasteiger partial charge in [-0.3, -0.25) is 0 Å². The zero-order valence-corrected chi connectivity index (χ0v) is 9.17. The lowest BCUT2D eigenvalue weighted by molar-refractivity contribution is 0.0162. The molecule has 0 N–H and O–H groups in total. The Bertz CT molecular complexity index is 320. The monoisotopic (exact) mass is 191 g/mol. The quantitative estimate of drug-likeness (QED) is 0.580. The van der Waals surface area contributed by atoms with Crippen LogP contribution in [0.2, 0.25) is 0 Å². The molecule has 0 bridgehead atoms. The second kappa shape index (κ2) is 2.56. The fourth-order valence-corrected chi connectivity index (χ4v) is 2.88. The Morgan fingerprint density at radius 3 is 2.14 bits per heavy atom. The van der Waals surface area contributed by atoms with Crippen molar-refractivity contribution in [3.63, 3.8) is 0 Å². The molecule has 0 aromatic heterocycles. The number of fused-ring (bicyclic) bond motifs is 1. The Hall–Kier alpha value is -0.910. The van der Waals surface area contributed by atoms with Gasteiger partial charge in [0.2, 0.25) is 0 Å². The highest BCUT2D eigenvalue weighted by Gasteiger charge is 2.65. The first-order chi connectivity index (χ1) is 6.47. The van der Waals surface area contributed by atoms with E-state index >= 15 is 0 Å². The van der Waals surface area contributed by atoms with E-state index in [0.29, 0.717) is 0 Å². The van der Waals surface area contributed by atoms with Crippen molar-refractivity contribution in [1.82, 2.24) is 0 Å². The van der Waals surface area contributed by atoms with Crippen molar-refractivity contribution in [3.05, 3.63) is 0 Å². The van der Waals surface area contributed by atoms with Gasteiger partial charge in [-0.05, 0) is 24.7 Å². The molecule has 3 nitrogen and oxygen atoms in total. The van der Waals surface area contributed by atoms with Gasteiger partial charge in [0.25, 0.3) is 0 Å². The van der Waals surface area contributed by atoms with Gasteiger partial charge in [-0.2, -0.15) is 15.5 Å². The van der Waals surface area contributed by atoms with Gasteiger partial charge in [-0.1, -0.05) is 27.2 Å². The van der Waals surface area contributed by atoms with Crippen molar-refractivity contribution in [2.45, 2.75) is 57.5 Å². The lowest BCUT2D eigenvalue weighted by Crippen LogP contribution is -2.65. The third-order valence-electron chi connectivity index (χ3n) is 3.83. The molecule has 2 atom stereocenters. The summed E-state index contributed by atoms with van der Waals surface area (Å²) < 4.78 is 0. The summed E-state index contributed by atoms with van der Waals surface area (Å²) in [6, 6.07) is 2.40. The fourth-order valence-electron chi connectivity index (χ4n) is 2.88. The highest BCUT2D eigenvalue weighted by atomic mass is 15.3. The minimum atomic E-state index is -0.497. The number of nitrogens with zero attached hydrogens (tertiary/aromatic N) is 3. The van der Waals surface area contributed by atoms with Crippen LogP contribution >= 0.6 is 0 Å². The number of nitriles is 1. The van der Waals surface area contributed by atoms with Gasteiger partial charge in [0.15, 0.2) is 5.54 Å². The largest absolute Gasteiger partial charge is 0.195 e. The molecule has 1 fully saturated rings. The van der Waals surface area contributed by atoms with Gasteiger partial charge in [-0.25, -0.2) is 0 Å². The Morgan fingerprint density at radius 1 is 1.14 bits per heavy atom. The van der Waals surface area contributed by atoms with Crippen LogP contribution in [0.4, 0.5) is 0 Å². The maximum atomic E-state index is 9.30. The summed E-state index contributed by atoms with van der Waals surface area (Å²) in [5.41, 5.74) is -0.651. The molecule has 0 amide bonds. The average Bonchev–Trinajstić information content (AvgIpc) is 2.06. The molecule has 76 valence electrons. The van der Waals surface area contributed by atoms with Crippen molar-refractivity contribution in [1.29, 1.82) is 5.26 Å². The Labute approximate surface area is 85.2 Å². The van der Waals surface area contributed by atoms with Crippen LogP contribution in [-0.4, -0.2) is 11.1 Å². The van der Waals surface area contributed by atoms with Crippen molar-refractivity contribution in [2.75, 3.05) is 0 Å². The maximum absolute atomic E-state index is 9.30. The van der Waals surface area contributed by atoms with E-state index in [9.17, 15) is 5.26 Å². The van der Waals surface area contributed by atoms with E-state index in [4.69, 9.17) is 0 Å². The molecule has 2 aliphatic rings. The van der Waals surface area contributed by atoms with Gasteiger partial charge in [0.1, 0.15) is 5.54 Å². The lowest BCUT2D eigenvalue weighted by Gasteiger charge is -2.56. The predicted molar refractivity (Wildman–Crippen MR) is 53.9 cm³/mol. The summed E-state index contributed by atoms with van der Waals surface area (Å²) in [4.78, 5) is 0. The standard InChI is InChI=1S/C11H17N3/c1-9(2,3)11-7-5-4-6-10(11,8-12)13-14-11/h4-7H2,1-3H3. The topological polar surface area (TPSA) is 48.5 Å². The zero-order chi connectivity index (χ0) is 10.4. The van der Waals surface area contributed by atoms with Gasteiger partial charge < -0.3 is 0 Å². The van der Waals surface area contributed by atoms with E-state index in [0.717, 1.165) is 19.3 Å². The Balaban J connectivity index is 2.45. The van der Waals surface area contributed by atoms with Crippen LogP contribution in [0.25, 0.3) is 0 Å². The van der Waals surface area contributed by atoms with Gasteiger partial charge in [-0.15, -0.1) is 0 Å². The van der Waals surface area contributed by atoms with Crippen molar-refractivity contribution < 1.29 is 0 Å². The number of hydrogen-bond donors (Lipinski definition) is 0. The molecule has 14 heavy (non-hydrogen) atoms. The molecule has 2 unspecified atom stereocenters. The van der Waals surface area contributed by atoms with Crippen molar-refractivity contribution in [3.8, 4) is 6.07 Å². The molecular weight excluding hydrogens is 174 g/mol. The van der Waals surface area contributed by atoms with E-state index in [1.54, 1.807) is 0 Å². The number of azo groups is 1.